The number of hydrogen-bond acceptors (Lipinski definition) is 2. The van der Waals surface area contributed by atoms with Crippen molar-refractivity contribution in [1.82, 2.24) is 5.32 Å². The zero-order valence-electron chi connectivity index (χ0n) is 9.81. The van der Waals surface area contributed by atoms with Gasteiger partial charge in [-0.1, -0.05) is 23.2 Å². The van der Waals surface area contributed by atoms with Crippen molar-refractivity contribution >= 4 is 23.2 Å². The summed E-state index contributed by atoms with van der Waals surface area (Å²) in [6, 6.07) is 5.47. The fourth-order valence-electron chi connectivity index (χ4n) is 1.43. The highest BCUT2D eigenvalue weighted by Crippen LogP contribution is 2.21. The van der Waals surface area contributed by atoms with Crippen molar-refractivity contribution in [2.24, 2.45) is 0 Å². The van der Waals surface area contributed by atoms with Crippen LogP contribution in [0.1, 0.15) is 19.4 Å². The number of benzene rings is 1. The molecule has 1 N–H and O–H groups in total. The van der Waals surface area contributed by atoms with Crippen LogP contribution in [-0.2, 0) is 11.3 Å². The Labute approximate surface area is 107 Å². The minimum absolute atomic E-state index is 0.0829. The lowest BCUT2D eigenvalue weighted by Gasteiger charge is -2.25. The highest BCUT2D eigenvalue weighted by molar-refractivity contribution is 6.33. The zero-order chi connectivity index (χ0) is 12.2. The second-order valence-electron chi connectivity index (χ2n) is 4.41. The van der Waals surface area contributed by atoms with Crippen LogP contribution in [0, 0.1) is 0 Å². The van der Waals surface area contributed by atoms with Gasteiger partial charge in [0.25, 0.3) is 0 Å². The SMILES string of the molecule is COCC(C)(C)NCc1cc(Cl)ccc1Cl. The molecule has 0 amide bonds. The Hall–Kier alpha value is -0.280. The summed E-state index contributed by atoms with van der Waals surface area (Å²) in [6.45, 7) is 5.48. The standard InChI is InChI=1S/C12H17Cl2NO/c1-12(2,8-16-3)15-7-9-6-10(13)4-5-11(9)14/h4-6,15H,7-8H2,1-3H3. The van der Waals surface area contributed by atoms with Crippen LogP contribution in [0.4, 0.5) is 0 Å². The summed E-state index contributed by atoms with van der Waals surface area (Å²) in [5, 5.41) is 4.80. The molecular weight excluding hydrogens is 245 g/mol. The summed E-state index contributed by atoms with van der Waals surface area (Å²) in [5.41, 5.74) is 0.916. The second kappa shape index (κ2) is 5.87. The van der Waals surface area contributed by atoms with E-state index in [9.17, 15) is 0 Å². The van der Waals surface area contributed by atoms with E-state index in [1.807, 2.05) is 12.1 Å². The highest BCUT2D eigenvalue weighted by atomic mass is 35.5. The minimum atomic E-state index is -0.0829. The number of ether oxygens (including phenoxy) is 1. The lowest BCUT2D eigenvalue weighted by atomic mass is 10.1. The molecule has 0 aliphatic rings. The average molecular weight is 262 g/mol. The number of methoxy groups -OCH3 is 1. The van der Waals surface area contributed by atoms with Crippen LogP contribution >= 0.6 is 23.2 Å². The van der Waals surface area contributed by atoms with E-state index >= 15 is 0 Å². The van der Waals surface area contributed by atoms with Crippen molar-refractivity contribution in [3.8, 4) is 0 Å². The van der Waals surface area contributed by atoms with E-state index in [1.54, 1.807) is 13.2 Å². The quantitative estimate of drug-likeness (QED) is 0.876. The van der Waals surface area contributed by atoms with E-state index in [1.165, 1.54) is 0 Å². The zero-order valence-corrected chi connectivity index (χ0v) is 11.3. The lowest BCUT2D eigenvalue weighted by Crippen LogP contribution is -2.42. The molecule has 0 fully saturated rings. The maximum absolute atomic E-state index is 6.07. The van der Waals surface area contributed by atoms with Gasteiger partial charge in [0.15, 0.2) is 0 Å². The molecule has 0 saturated carbocycles. The first kappa shape index (κ1) is 13.8. The summed E-state index contributed by atoms with van der Waals surface area (Å²) in [6.07, 6.45) is 0. The molecule has 90 valence electrons. The number of halogens is 2. The Morgan fingerprint density at radius 1 is 1.31 bits per heavy atom. The summed E-state index contributed by atoms with van der Waals surface area (Å²) in [4.78, 5) is 0. The molecule has 0 atom stereocenters. The predicted octanol–water partition coefficient (Wildman–Crippen LogP) is 3.51. The van der Waals surface area contributed by atoms with E-state index in [2.05, 4.69) is 19.2 Å². The normalized spacial score (nSPS) is 11.8. The van der Waals surface area contributed by atoms with Crippen molar-refractivity contribution in [3.05, 3.63) is 33.8 Å². The lowest BCUT2D eigenvalue weighted by molar-refractivity contribution is 0.128. The van der Waals surface area contributed by atoms with Gasteiger partial charge < -0.3 is 10.1 Å². The van der Waals surface area contributed by atoms with Crippen molar-refractivity contribution < 1.29 is 4.74 Å². The number of rotatable bonds is 5. The number of nitrogens with one attached hydrogen (secondary N) is 1. The van der Waals surface area contributed by atoms with Gasteiger partial charge in [-0.3, -0.25) is 0 Å². The van der Waals surface area contributed by atoms with E-state index in [4.69, 9.17) is 27.9 Å². The van der Waals surface area contributed by atoms with Crippen LogP contribution in [0.15, 0.2) is 18.2 Å². The fraction of sp³-hybridized carbons (Fsp3) is 0.500. The molecule has 16 heavy (non-hydrogen) atoms. The summed E-state index contributed by atoms with van der Waals surface area (Å²) in [5.74, 6) is 0. The van der Waals surface area contributed by atoms with Gasteiger partial charge in [-0.25, -0.2) is 0 Å². The van der Waals surface area contributed by atoms with E-state index in [-0.39, 0.29) is 5.54 Å². The molecule has 0 spiro atoms. The molecule has 1 rings (SSSR count). The van der Waals surface area contributed by atoms with E-state index in [0.29, 0.717) is 18.2 Å². The van der Waals surface area contributed by atoms with Crippen LogP contribution in [-0.4, -0.2) is 19.3 Å². The van der Waals surface area contributed by atoms with Crippen molar-refractivity contribution in [1.29, 1.82) is 0 Å². The van der Waals surface area contributed by atoms with Gasteiger partial charge in [0, 0.05) is 29.2 Å². The van der Waals surface area contributed by atoms with Gasteiger partial charge in [-0.15, -0.1) is 0 Å². The molecule has 0 aliphatic heterocycles. The molecule has 0 aliphatic carbocycles. The van der Waals surface area contributed by atoms with Crippen LogP contribution in [0.25, 0.3) is 0 Å². The molecule has 1 aromatic carbocycles. The molecule has 0 bridgehead atoms. The fourth-order valence-corrected chi connectivity index (χ4v) is 1.80. The van der Waals surface area contributed by atoms with Crippen molar-refractivity contribution in [3.63, 3.8) is 0 Å². The van der Waals surface area contributed by atoms with Gasteiger partial charge >= 0.3 is 0 Å². The molecule has 0 saturated heterocycles. The third-order valence-corrected chi connectivity index (χ3v) is 2.87. The van der Waals surface area contributed by atoms with Gasteiger partial charge in [0.05, 0.1) is 6.61 Å². The van der Waals surface area contributed by atoms with Gasteiger partial charge in [0.2, 0.25) is 0 Å². The molecule has 4 heteroatoms. The van der Waals surface area contributed by atoms with Crippen molar-refractivity contribution in [2.45, 2.75) is 25.9 Å². The first-order valence-electron chi connectivity index (χ1n) is 5.12. The molecule has 0 unspecified atom stereocenters. The second-order valence-corrected chi connectivity index (χ2v) is 5.25. The maximum atomic E-state index is 6.07. The molecule has 1 aromatic rings. The Bertz CT molecular complexity index is 353. The average Bonchev–Trinajstić information content (AvgIpc) is 2.19. The molecule has 0 heterocycles. The van der Waals surface area contributed by atoms with Crippen LogP contribution in [0.2, 0.25) is 10.0 Å². The smallest absolute Gasteiger partial charge is 0.0639 e. The van der Waals surface area contributed by atoms with Gasteiger partial charge in [0.1, 0.15) is 0 Å². The first-order valence-corrected chi connectivity index (χ1v) is 5.88. The Morgan fingerprint density at radius 2 is 2.00 bits per heavy atom. The van der Waals surface area contributed by atoms with Gasteiger partial charge in [-0.05, 0) is 37.6 Å². The van der Waals surface area contributed by atoms with Gasteiger partial charge in [-0.2, -0.15) is 0 Å². The third-order valence-electron chi connectivity index (χ3n) is 2.27. The highest BCUT2D eigenvalue weighted by Gasteiger charge is 2.16. The minimum Gasteiger partial charge on any atom is -0.383 e. The predicted molar refractivity (Wildman–Crippen MR) is 69.3 cm³/mol. The molecule has 2 nitrogen and oxygen atoms in total. The van der Waals surface area contributed by atoms with Crippen LogP contribution < -0.4 is 5.32 Å². The topological polar surface area (TPSA) is 21.3 Å². The van der Waals surface area contributed by atoms with Crippen molar-refractivity contribution in [2.75, 3.05) is 13.7 Å². The monoisotopic (exact) mass is 261 g/mol. The molecule has 0 radical (unpaired) electrons. The molecule has 0 aromatic heterocycles. The first-order chi connectivity index (χ1) is 7.44. The van der Waals surface area contributed by atoms with E-state index in [0.717, 1.165) is 10.6 Å². The largest absolute Gasteiger partial charge is 0.383 e. The maximum Gasteiger partial charge on any atom is 0.0639 e. The summed E-state index contributed by atoms with van der Waals surface area (Å²) < 4.78 is 5.13. The Morgan fingerprint density at radius 3 is 2.62 bits per heavy atom. The summed E-state index contributed by atoms with van der Waals surface area (Å²) >= 11 is 12.0. The Kier molecular flexibility index (Phi) is 5.06. The molecular formula is C12H17Cl2NO. The van der Waals surface area contributed by atoms with Crippen LogP contribution in [0.5, 0.6) is 0 Å². The summed E-state index contributed by atoms with van der Waals surface area (Å²) in [7, 11) is 1.69. The Balaban J connectivity index is 2.63. The number of hydrogen-bond donors (Lipinski definition) is 1. The third kappa shape index (κ3) is 4.30. The van der Waals surface area contributed by atoms with Crippen LogP contribution in [0.3, 0.4) is 0 Å². The van der Waals surface area contributed by atoms with E-state index < -0.39 is 0 Å².